The van der Waals surface area contributed by atoms with Gasteiger partial charge in [-0.3, -0.25) is 9.59 Å². The molecule has 2 aromatic heterocycles. The summed E-state index contributed by atoms with van der Waals surface area (Å²) in [6.07, 6.45) is 5.48. The maximum Gasteiger partial charge on any atom is 0.275 e. The lowest BCUT2D eigenvalue weighted by atomic mass is 10.1. The van der Waals surface area contributed by atoms with E-state index in [0.717, 1.165) is 24.1 Å². The molecule has 5 rings (SSSR count). The van der Waals surface area contributed by atoms with Crippen LogP contribution >= 0.6 is 0 Å². The highest BCUT2D eigenvalue weighted by atomic mass is 19.1. The van der Waals surface area contributed by atoms with Gasteiger partial charge in [-0.25, -0.2) is 9.37 Å². The number of carbonyl (C=O) groups excluding carboxylic acids is 1. The molecule has 0 radical (unpaired) electrons. The van der Waals surface area contributed by atoms with E-state index in [1.165, 1.54) is 10.6 Å². The Balaban J connectivity index is 1.28. The Morgan fingerprint density at radius 2 is 2.00 bits per heavy atom. The zero-order chi connectivity index (χ0) is 21.5. The molecule has 1 aliphatic heterocycles. The van der Waals surface area contributed by atoms with Crippen molar-refractivity contribution in [3.05, 3.63) is 76.0 Å². The van der Waals surface area contributed by atoms with E-state index in [2.05, 4.69) is 4.98 Å². The fourth-order valence-corrected chi connectivity index (χ4v) is 4.05. The first-order chi connectivity index (χ1) is 15.0. The van der Waals surface area contributed by atoms with E-state index in [9.17, 15) is 14.0 Å². The Labute approximate surface area is 178 Å². The molecule has 160 valence electrons. The fourth-order valence-electron chi connectivity index (χ4n) is 4.05. The molecule has 0 atom stereocenters. The zero-order valence-electron chi connectivity index (χ0n) is 17.3. The minimum Gasteiger partial charge on any atom is -0.491 e. The fraction of sp³-hybridized carbons (Fsp3) is 0.348. The number of nitrogens with zero attached hydrogens (tertiary/aromatic N) is 4. The van der Waals surface area contributed by atoms with E-state index in [-0.39, 0.29) is 17.3 Å². The van der Waals surface area contributed by atoms with E-state index < -0.39 is 0 Å². The maximum absolute atomic E-state index is 13.6. The number of ether oxygens (including phenoxy) is 1. The maximum atomic E-state index is 13.6. The number of halogens is 1. The predicted octanol–water partition coefficient (Wildman–Crippen LogP) is 2.89. The number of amides is 1. The van der Waals surface area contributed by atoms with Gasteiger partial charge < -0.3 is 18.8 Å². The first kappa shape index (κ1) is 19.5. The monoisotopic (exact) mass is 422 g/mol. The number of hydrogen-bond donors (Lipinski definition) is 0. The summed E-state index contributed by atoms with van der Waals surface area (Å²) in [5, 5.41) is 0. The average Bonchev–Trinajstić information content (AvgIpc) is 3.52. The quantitative estimate of drug-likeness (QED) is 0.613. The summed E-state index contributed by atoms with van der Waals surface area (Å²) in [7, 11) is 0. The van der Waals surface area contributed by atoms with Crippen molar-refractivity contribution in [1.82, 2.24) is 19.0 Å². The van der Waals surface area contributed by atoms with Gasteiger partial charge in [0.05, 0.1) is 18.6 Å². The second-order valence-electron chi connectivity index (χ2n) is 8.08. The van der Waals surface area contributed by atoms with Crippen LogP contribution in [0.3, 0.4) is 0 Å². The smallest absolute Gasteiger partial charge is 0.275 e. The van der Waals surface area contributed by atoms with Gasteiger partial charge in [-0.05, 0) is 56.0 Å². The van der Waals surface area contributed by atoms with Crippen molar-refractivity contribution in [3.8, 4) is 11.4 Å². The number of carbonyl (C=O) groups is 1. The number of imidazole rings is 1. The number of aryl methyl sites for hydroxylation is 1. The lowest BCUT2D eigenvalue weighted by molar-refractivity contribution is 0.0672. The van der Waals surface area contributed by atoms with Crippen LogP contribution in [0, 0.1) is 12.7 Å². The van der Waals surface area contributed by atoms with Crippen molar-refractivity contribution >= 4 is 5.91 Å². The number of pyridine rings is 1. The molecule has 0 bridgehead atoms. The zero-order valence-corrected chi connectivity index (χ0v) is 17.3. The van der Waals surface area contributed by atoms with Gasteiger partial charge in [-0.1, -0.05) is 0 Å². The molecule has 0 saturated heterocycles. The van der Waals surface area contributed by atoms with E-state index >= 15 is 0 Å². The lowest BCUT2D eigenvalue weighted by Crippen LogP contribution is -2.46. The van der Waals surface area contributed by atoms with Crippen LogP contribution < -0.4 is 10.3 Å². The van der Waals surface area contributed by atoms with Gasteiger partial charge in [0, 0.05) is 24.8 Å². The van der Waals surface area contributed by atoms with Gasteiger partial charge >= 0.3 is 0 Å². The molecule has 0 unspecified atom stereocenters. The average molecular weight is 422 g/mol. The standard InChI is InChI=1S/C23H23FN4O3/c1-15-13-27(14-25-15)19-5-6-20-22(29)26(8-9-28(20)23(19)30)10-11-31-21-7-4-17(24)12-18(21)16-2-3-16/h4-7,12-14,16H,2-3,8-11H2,1H3. The Morgan fingerprint density at radius 1 is 1.16 bits per heavy atom. The predicted molar refractivity (Wildman–Crippen MR) is 112 cm³/mol. The van der Waals surface area contributed by atoms with Crippen molar-refractivity contribution in [2.45, 2.75) is 32.2 Å². The molecule has 7 nitrogen and oxygen atoms in total. The van der Waals surface area contributed by atoms with Gasteiger partial charge in [0.1, 0.15) is 29.6 Å². The largest absolute Gasteiger partial charge is 0.491 e. The van der Waals surface area contributed by atoms with Crippen molar-refractivity contribution in [3.63, 3.8) is 0 Å². The summed E-state index contributed by atoms with van der Waals surface area (Å²) < 4.78 is 22.7. The third-order valence-electron chi connectivity index (χ3n) is 5.85. The molecule has 3 aromatic rings. The molecule has 0 N–H and O–H groups in total. The number of hydrogen-bond acceptors (Lipinski definition) is 4. The Hall–Kier alpha value is -3.42. The van der Waals surface area contributed by atoms with Gasteiger partial charge in [-0.2, -0.15) is 0 Å². The number of aromatic nitrogens is 3. The van der Waals surface area contributed by atoms with Gasteiger partial charge in [0.25, 0.3) is 11.5 Å². The molecule has 1 aliphatic carbocycles. The van der Waals surface area contributed by atoms with Crippen LogP contribution in [-0.4, -0.2) is 44.6 Å². The molecule has 1 amide bonds. The summed E-state index contributed by atoms with van der Waals surface area (Å²) in [6.45, 7) is 3.42. The van der Waals surface area contributed by atoms with Crippen LogP contribution in [0.25, 0.3) is 5.69 Å². The number of rotatable bonds is 6. The molecule has 8 heteroatoms. The first-order valence-electron chi connectivity index (χ1n) is 10.5. The normalized spacial score (nSPS) is 15.8. The summed E-state index contributed by atoms with van der Waals surface area (Å²) >= 11 is 0. The van der Waals surface area contributed by atoms with Crippen LogP contribution in [-0.2, 0) is 6.54 Å². The van der Waals surface area contributed by atoms with Gasteiger partial charge in [-0.15, -0.1) is 0 Å². The van der Waals surface area contributed by atoms with E-state index in [1.807, 2.05) is 6.92 Å². The summed E-state index contributed by atoms with van der Waals surface area (Å²) in [6, 6.07) is 7.95. The second kappa shape index (κ2) is 7.68. The molecule has 1 aromatic carbocycles. The summed E-state index contributed by atoms with van der Waals surface area (Å²) in [5.41, 5.74) is 2.36. The molecular formula is C23H23FN4O3. The van der Waals surface area contributed by atoms with Gasteiger partial charge in [0.2, 0.25) is 0 Å². The van der Waals surface area contributed by atoms with E-state index in [0.29, 0.717) is 49.3 Å². The Morgan fingerprint density at radius 3 is 2.74 bits per heavy atom. The van der Waals surface area contributed by atoms with Crippen LogP contribution in [0.15, 0.2) is 47.7 Å². The highest BCUT2D eigenvalue weighted by Gasteiger charge is 2.28. The number of fused-ring (bicyclic) bond motifs is 1. The Kier molecular flexibility index (Phi) is 4.84. The molecular weight excluding hydrogens is 399 g/mol. The van der Waals surface area contributed by atoms with E-state index in [4.69, 9.17) is 4.74 Å². The summed E-state index contributed by atoms with van der Waals surface area (Å²) in [4.78, 5) is 31.7. The Bertz CT molecular complexity index is 1210. The van der Waals surface area contributed by atoms with Crippen LogP contribution in [0.2, 0.25) is 0 Å². The summed E-state index contributed by atoms with van der Waals surface area (Å²) in [5.74, 6) is 0.606. The first-order valence-corrected chi connectivity index (χ1v) is 10.5. The molecule has 2 aliphatic rings. The molecule has 3 heterocycles. The molecule has 1 saturated carbocycles. The third kappa shape index (κ3) is 3.73. The third-order valence-corrected chi connectivity index (χ3v) is 5.85. The minimum atomic E-state index is -0.257. The number of benzene rings is 1. The van der Waals surface area contributed by atoms with Crippen molar-refractivity contribution < 1.29 is 13.9 Å². The van der Waals surface area contributed by atoms with Gasteiger partial charge in [0.15, 0.2) is 0 Å². The minimum absolute atomic E-state index is 0.193. The SMILES string of the molecule is Cc1cn(-c2ccc3n(c2=O)CCN(CCOc2ccc(F)cc2C2CC2)C3=O)cn1. The molecule has 0 spiro atoms. The highest BCUT2D eigenvalue weighted by molar-refractivity contribution is 5.93. The van der Waals surface area contributed by atoms with Crippen LogP contribution in [0.4, 0.5) is 4.39 Å². The molecule has 31 heavy (non-hydrogen) atoms. The van der Waals surface area contributed by atoms with Crippen LogP contribution in [0.5, 0.6) is 5.75 Å². The van der Waals surface area contributed by atoms with Crippen molar-refractivity contribution in [1.29, 1.82) is 0 Å². The second-order valence-corrected chi connectivity index (χ2v) is 8.08. The van der Waals surface area contributed by atoms with Crippen molar-refractivity contribution in [2.24, 2.45) is 0 Å². The van der Waals surface area contributed by atoms with Crippen LogP contribution in [0.1, 0.15) is 40.5 Å². The lowest BCUT2D eigenvalue weighted by Gasteiger charge is -2.29. The topological polar surface area (TPSA) is 69.4 Å². The van der Waals surface area contributed by atoms with Crippen molar-refractivity contribution in [2.75, 3.05) is 19.7 Å². The van der Waals surface area contributed by atoms with E-state index in [1.54, 1.807) is 46.3 Å². The molecule has 1 fully saturated rings. The highest BCUT2D eigenvalue weighted by Crippen LogP contribution is 2.44.